The van der Waals surface area contributed by atoms with Gasteiger partial charge in [0, 0.05) is 24.9 Å². The molecule has 0 aliphatic carbocycles. The highest BCUT2D eigenvalue weighted by Gasteiger charge is 2.47. The Balaban J connectivity index is 0.000000380. The van der Waals surface area contributed by atoms with Gasteiger partial charge < -0.3 is 33.5 Å². The van der Waals surface area contributed by atoms with Crippen LogP contribution in [0.15, 0.2) is 60.7 Å². The molecule has 2 aromatic rings. The third kappa shape index (κ3) is 24.9. The summed E-state index contributed by atoms with van der Waals surface area (Å²) in [4.78, 5) is 0. The Morgan fingerprint density at radius 3 is 1.28 bits per heavy atom. The van der Waals surface area contributed by atoms with Crippen LogP contribution in [0, 0.1) is 0 Å². The molecule has 312 valence electrons. The fraction of sp³-hybridized carbons (Fsp3) is 0.667. The van der Waals surface area contributed by atoms with E-state index in [2.05, 4.69) is 147 Å². The van der Waals surface area contributed by atoms with Crippen molar-refractivity contribution < 1.29 is 33.5 Å². The third-order valence-electron chi connectivity index (χ3n) is 7.50. The molecule has 54 heavy (non-hydrogen) atoms. The molecule has 2 atom stereocenters. The van der Waals surface area contributed by atoms with Crippen LogP contribution < -0.4 is 10.4 Å². The summed E-state index contributed by atoms with van der Waals surface area (Å²) in [6, 6.07) is 23.7. The van der Waals surface area contributed by atoms with E-state index in [0.29, 0.717) is 0 Å². The number of rotatable bonds is 14. The van der Waals surface area contributed by atoms with Crippen LogP contribution in [0.4, 0.5) is 0 Å². The van der Waals surface area contributed by atoms with E-state index < -0.39 is 88.5 Å². The number of hydrogen-bond donors (Lipinski definition) is 0. The molecule has 4 rings (SSSR count). The summed E-state index contributed by atoms with van der Waals surface area (Å²) < 4.78 is 48.8. The van der Waals surface area contributed by atoms with E-state index in [1.54, 1.807) is 0 Å². The Hall–Kier alpha value is 0.289. The van der Waals surface area contributed by atoms with Crippen molar-refractivity contribution in [2.24, 2.45) is 0 Å². The van der Waals surface area contributed by atoms with Crippen LogP contribution in [0.2, 0.25) is 117 Å². The summed E-state index contributed by atoms with van der Waals surface area (Å²) in [7, 11) is -14.7. The van der Waals surface area contributed by atoms with Gasteiger partial charge in [0.15, 0.2) is 61.8 Å². The minimum atomic E-state index is -2.75. The molecular formula is C36H80O8Si10. The van der Waals surface area contributed by atoms with Gasteiger partial charge in [0.2, 0.25) is 9.04 Å². The maximum absolute atomic E-state index is 6.54. The molecule has 0 N–H and O–H groups in total. The second-order valence-electron chi connectivity index (χ2n) is 17.3. The molecule has 18 heteroatoms. The lowest BCUT2D eigenvalue weighted by Crippen LogP contribution is -2.63. The quantitative estimate of drug-likeness (QED) is 0.179. The summed E-state index contributed by atoms with van der Waals surface area (Å²) >= 11 is 0. The molecule has 2 aromatic carbocycles. The smallest absolute Gasteiger partial charge is 0.420 e. The van der Waals surface area contributed by atoms with Gasteiger partial charge in [-0.2, -0.15) is 0 Å². The van der Waals surface area contributed by atoms with Gasteiger partial charge >= 0.3 is 17.6 Å². The van der Waals surface area contributed by atoms with E-state index in [1.165, 1.54) is 43.0 Å². The molecule has 0 radical (unpaired) electrons. The predicted molar refractivity (Wildman–Crippen MR) is 258 cm³/mol. The van der Waals surface area contributed by atoms with Gasteiger partial charge in [0.05, 0.1) is 0 Å². The summed E-state index contributed by atoms with van der Waals surface area (Å²) in [5, 5.41) is 2.59. The molecule has 2 aliphatic heterocycles. The third-order valence-corrected chi connectivity index (χ3v) is 34.2. The van der Waals surface area contributed by atoms with Gasteiger partial charge in [-0.05, 0) is 128 Å². The van der Waals surface area contributed by atoms with Crippen LogP contribution in [0.1, 0.15) is 25.7 Å². The molecule has 8 nitrogen and oxygen atoms in total. The summed E-state index contributed by atoms with van der Waals surface area (Å²) in [6.45, 7) is 37.0. The van der Waals surface area contributed by atoms with Crippen LogP contribution in [0.3, 0.4) is 0 Å². The van der Waals surface area contributed by atoms with Crippen LogP contribution in [-0.2, 0) is 33.5 Å². The molecule has 2 aliphatic rings. The normalized spacial score (nSPS) is 18.4. The lowest BCUT2D eigenvalue weighted by molar-refractivity contribution is 0.273. The molecule has 0 aromatic heterocycles. The topological polar surface area (TPSA) is 73.8 Å². The Bertz CT molecular complexity index is 1200. The van der Waals surface area contributed by atoms with Crippen molar-refractivity contribution in [3.05, 3.63) is 60.7 Å². The van der Waals surface area contributed by atoms with Gasteiger partial charge in [-0.3, -0.25) is 0 Å². The molecule has 0 saturated carbocycles. The van der Waals surface area contributed by atoms with Crippen LogP contribution in [0.5, 0.6) is 0 Å². The van der Waals surface area contributed by atoms with E-state index in [0.717, 1.165) is 18.4 Å². The number of benzene rings is 2. The van der Waals surface area contributed by atoms with Crippen molar-refractivity contribution in [1.82, 2.24) is 0 Å². The van der Waals surface area contributed by atoms with Crippen LogP contribution in [0.25, 0.3) is 0 Å². The first-order valence-electron chi connectivity index (χ1n) is 20.5. The summed E-state index contributed by atoms with van der Waals surface area (Å²) in [5.41, 5.74) is 0. The van der Waals surface area contributed by atoms with Gasteiger partial charge in [0.1, 0.15) is 0 Å². The molecule has 2 unspecified atom stereocenters. The second-order valence-corrected chi connectivity index (χ2v) is 48.1. The molecule has 0 bridgehead atoms. The standard InChI is InChI=1S/C13H28O3Si4.C10H14OSi.C8H26O3Si4.C5H12OSi/c1-17(2)14-20(15-18(3)4,16-19(5,6)7)13-11-9-8-10-12-13;1-2-6-10(7-3-1)12-9-5-4-8-11-12;1-12(2)9-15(8,10-13(3)4)11-14(5,6)7;1-7-5-3-2-4-6-7/h8-12,17-18H,1-7H3;1-3,6-7,12H,4-5,8-9H2;12-13H,1-8H3;7H,2-5H2,1H3. The molecule has 0 spiro atoms. The average molecular weight is 922 g/mol. The summed E-state index contributed by atoms with van der Waals surface area (Å²) in [5.74, 6) is 0. The first kappa shape index (κ1) is 52.3. The van der Waals surface area contributed by atoms with Crippen molar-refractivity contribution in [2.45, 2.75) is 143 Å². The lowest BCUT2D eigenvalue weighted by Gasteiger charge is -2.38. The lowest BCUT2D eigenvalue weighted by atomic mass is 10.3. The highest BCUT2D eigenvalue weighted by atomic mass is 28.5. The van der Waals surface area contributed by atoms with Crippen LogP contribution in [-0.4, -0.2) is 102 Å². The molecule has 2 fully saturated rings. The average Bonchev–Trinajstić information content (AvgIpc) is 3.04. The van der Waals surface area contributed by atoms with Gasteiger partial charge in [-0.15, -0.1) is 0 Å². The second kappa shape index (κ2) is 26.4. The first-order valence-corrected chi connectivity index (χ1v) is 46.7. The minimum Gasteiger partial charge on any atom is -0.420 e. The monoisotopic (exact) mass is 920 g/mol. The Morgan fingerprint density at radius 1 is 0.519 bits per heavy atom. The van der Waals surface area contributed by atoms with Crippen molar-refractivity contribution in [3.63, 3.8) is 0 Å². The maximum Gasteiger partial charge on any atom is 0.505 e. The Labute approximate surface area is 346 Å². The largest absolute Gasteiger partial charge is 0.505 e. The van der Waals surface area contributed by atoms with Gasteiger partial charge in [0.25, 0.3) is 0 Å². The van der Waals surface area contributed by atoms with Crippen molar-refractivity contribution in [1.29, 1.82) is 0 Å². The highest BCUT2D eigenvalue weighted by Crippen LogP contribution is 2.21. The number of hydrogen-bond acceptors (Lipinski definition) is 8. The fourth-order valence-electron chi connectivity index (χ4n) is 6.00. The van der Waals surface area contributed by atoms with Gasteiger partial charge in [-0.25, -0.2) is 0 Å². The zero-order valence-corrected chi connectivity index (χ0v) is 48.1. The van der Waals surface area contributed by atoms with Crippen molar-refractivity contribution in [3.8, 4) is 0 Å². The van der Waals surface area contributed by atoms with Crippen molar-refractivity contribution >= 4 is 98.9 Å². The van der Waals surface area contributed by atoms with Crippen LogP contribution >= 0.6 is 0 Å². The van der Waals surface area contributed by atoms with E-state index >= 15 is 0 Å². The molecule has 2 heterocycles. The van der Waals surface area contributed by atoms with E-state index in [-0.39, 0.29) is 0 Å². The highest BCUT2D eigenvalue weighted by molar-refractivity contribution is 6.91. The fourth-order valence-corrected chi connectivity index (χ4v) is 35.6. The van der Waals surface area contributed by atoms with Gasteiger partial charge in [-0.1, -0.05) is 73.5 Å². The molecule has 2 saturated heterocycles. The molecule has 0 amide bonds. The maximum atomic E-state index is 6.54. The Kier molecular flexibility index (Phi) is 25.6. The van der Waals surface area contributed by atoms with E-state index in [1.807, 2.05) is 18.2 Å². The SMILES string of the molecule is C[SiH](C)O[Si](C)(O[SiH](C)C)O[Si](C)(C)C.C[SiH](C)O[Si](O[SiH](C)C)(O[Si](C)(C)C)c1ccccc1.C[SiH]1CCCCO1.c1ccc([SiH]2CCCCO2)cc1. The predicted octanol–water partition coefficient (Wildman–Crippen LogP) is 7.67. The minimum absolute atomic E-state index is 0.595. The first-order chi connectivity index (χ1) is 25.0. The van der Waals surface area contributed by atoms with Crippen molar-refractivity contribution in [2.75, 3.05) is 13.2 Å². The summed E-state index contributed by atoms with van der Waals surface area (Å²) in [6.07, 6.45) is 5.35. The van der Waals surface area contributed by atoms with E-state index in [9.17, 15) is 0 Å². The zero-order chi connectivity index (χ0) is 41.0. The Morgan fingerprint density at radius 2 is 0.944 bits per heavy atom. The molecular weight excluding hydrogens is 841 g/mol. The zero-order valence-electron chi connectivity index (χ0n) is 37.2. The van der Waals surface area contributed by atoms with E-state index in [4.69, 9.17) is 33.5 Å².